The van der Waals surface area contributed by atoms with Crippen molar-refractivity contribution in [2.75, 3.05) is 24.5 Å². The maximum absolute atomic E-state index is 12.1. The number of aryl methyl sites for hydroxylation is 1. The minimum Gasteiger partial charge on any atom is -0.444 e. The number of carbonyl (C=O) groups excluding carboxylic acids is 1. The van der Waals surface area contributed by atoms with Crippen molar-refractivity contribution in [3.05, 3.63) is 59.7 Å². The van der Waals surface area contributed by atoms with Gasteiger partial charge in [-0.05, 0) is 64.2 Å². The van der Waals surface area contributed by atoms with Crippen molar-refractivity contribution in [2.24, 2.45) is 5.92 Å². The van der Waals surface area contributed by atoms with E-state index < -0.39 is 5.60 Å². The maximum atomic E-state index is 12.1. The number of ether oxygens (including phenoxy) is 1. The number of piperidine rings is 1. The first-order valence-corrected chi connectivity index (χ1v) is 11.5. The number of fused-ring (bicyclic) bond motifs is 1. The van der Waals surface area contributed by atoms with E-state index in [1.165, 1.54) is 11.1 Å². The number of nitrogens with zero attached hydrogens (tertiary/aromatic N) is 3. The molecule has 1 aliphatic heterocycles. The van der Waals surface area contributed by atoms with E-state index in [4.69, 9.17) is 9.72 Å². The Morgan fingerprint density at radius 1 is 1.16 bits per heavy atom. The number of imidazole rings is 1. The number of amides is 1. The molecule has 6 nitrogen and oxygen atoms in total. The third-order valence-corrected chi connectivity index (χ3v) is 5.83. The minimum absolute atomic E-state index is 0.346. The number of rotatable bonds is 5. The van der Waals surface area contributed by atoms with Gasteiger partial charge in [0, 0.05) is 19.6 Å². The van der Waals surface area contributed by atoms with Crippen LogP contribution in [0.25, 0.3) is 11.0 Å². The summed E-state index contributed by atoms with van der Waals surface area (Å²) in [7, 11) is 0. The van der Waals surface area contributed by atoms with Crippen molar-refractivity contribution in [3.63, 3.8) is 0 Å². The van der Waals surface area contributed by atoms with Crippen LogP contribution < -0.4 is 10.2 Å². The van der Waals surface area contributed by atoms with Crippen LogP contribution in [0.4, 0.5) is 10.7 Å². The fourth-order valence-electron chi connectivity index (χ4n) is 4.29. The molecule has 0 unspecified atom stereocenters. The van der Waals surface area contributed by atoms with Crippen molar-refractivity contribution >= 4 is 23.1 Å². The number of hydrogen-bond acceptors (Lipinski definition) is 4. The predicted molar refractivity (Wildman–Crippen MR) is 129 cm³/mol. The molecule has 170 valence electrons. The molecule has 1 saturated heterocycles. The lowest BCUT2D eigenvalue weighted by molar-refractivity contribution is 0.0517. The zero-order chi connectivity index (χ0) is 22.7. The molecule has 1 atom stereocenters. The highest BCUT2D eigenvalue weighted by Crippen LogP contribution is 2.28. The Bertz CT molecular complexity index is 1070. The monoisotopic (exact) mass is 434 g/mol. The van der Waals surface area contributed by atoms with Crippen LogP contribution in [0.5, 0.6) is 0 Å². The van der Waals surface area contributed by atoms with Gasteiger partial charge in [-0.2, -0.15) is 0 Å². The van der Waals surface area contributed by atoms with Crippen LogP contribution in [0.2, 0.25) is 0 Å². The first-order chi connectivity index (χ1) is 15.3. The number of benzene rings is 2. The second-order valence-corrected chi connectivity index (χ2v) is 9.81. The van der Waals surface area contributed by atoms with E-state index in [9.17, 15) is 4.79 Å². The normalized spacial score (nSPS) is 16.9. The molecule has 1 amide bonds. The van der Waals surface area contributed by atoms with Crippen LogP contribution in [-0.4, -0.2) is 40.9 Å². The average Bonchev–Trinajstić information content (AvgIpc) is 3.11. The van der Waals surface area contributed by atoms with Crippen molar-refractivity contribution < 1.29 is 9.53 Å². The first kappa shape index (κ1) is 22.2. The van der Waals surface area contributed by atoms with Crippen LogP contribution in [0.3, 0.4) is 0 Å². The lowest BCUT2D eigenvalue weighted by Crippen LogP contribution is -2.43. The Hall–Kier alpha value is -3.02. The highest BCUT2D eigenvalue weighted by Gasteiger charge is 2.25. The summed E-state index contributed by atoms with van der Waals surface area (Å²) in [5.74, 6) is 1.37. The van der Waals surface area contributed by atoms with E-state index in [-0.39, 0.29) is 6.09 Å². The smallest absolute Gasteiger partial charge is 0.407 e. The van der Waals surface area contributed by atoms with Gasteiger partial charge in [0.15, 0.2) is 0 Å². The van der Waals surface area contributed by atoms with Crippen molar-refractivity contribution in [1.82, 2.24) is 14.9 Å². The molecule has 0 saturated carbocycles. The summed E-state index contributed by atoms with van der Waals surface area (Å²) in [6.07, 6.45) is 1.82. The molecule has 3 aromatic rings. The zero-order valence-electron chi connectivity index (χ0n) is 19.6. The van der Waals surface area contributed by atoms with Crippen molar-refractivity contribution in [1.29, 1.82) is 0 Å². The van der Waals surface area contributed by atoms with Crippen LogP contribution in [0.1, 0.15) is 44.7 Å². The fourth-order valence-corrected chi connectivity index (χ4v) is 4.29. The second-order valence-electron chi connectivity index (χ2n) is 9.81. The Kier molecular flexibility index (Phi) is 6.40. The Morgan fingerprint density at radius 2 is 1.91 bits per heavy atom. The molecule has 1 aromatic heterocycles. The lowest BCUT2D eigenvalue weighted by Gasteiger charge is -2.34. The van der Waals surface area contributed by atoms with E-state index in [1.54, 1.807) is 0 Å². The molecule has 32 heavy (non-hydrogen) atoms. The van der Waals surface area contributed by atoms with E-state index in [0.29, 0.717) is 12.5 Å². The second kappa shape index (κ2) is 9.23. The summed E-state index contributed by atoms with van der Waals surface area (Å²) in [5.41, 5.74) is 4.21. The molecule has 1 aliphatic rings. The average molecular weight is 435 g/mol. The molecule has 0 bridgehead atoms. The highest BCUT2D eigenvalue weighted by atomic mass is 16.6. The third kappa shape index (κ3) is 5.42. The Labute approximate surface area is 190 Å². The molecule has 1 N–H and O–H groups in total. The molecule has 2 heterocycles. The Morgan fingerprint density at radius 3 is 2.66 bits per heavy atom. The summed E-state index contributed by atoms with van der Waals surface area (Å²) in [6, 6.07) is 17.0. The summed E-state index contributed by atoms with van der Waals surface area (Å²) in [6.45, 7) is 11.0. The number of carbonyl (C=O) groups is 1. The zero-order valence-corrected chi connectivity index (χ0v) is 19.6. The van der Waals surface area contributed by atoms with E-state index in [0.717, 1.165) is 49.5 Å². The molecule has 1 fully saturated rings. The van der Waals surface area contributed by atoms with Gasteiger partial charge in [-0.3, -0.25) is 0 Å². The van der Waals surface area contributed by atoms with Gasteiger partial charge < -0.3 is 19.5 Å². The molecule has 2 aromatic carbocycles. The number of nitrogens with one attached hydrogen (secondary N) is 1. The summed E-state index contributed by atoms with van der Waals surface area (Å²) >= 11 is 0. The molecular formula is C26H34N4O2. The van der Waals surface area contributed by atoms with Crippen LogP contribution >= 0.6 is 0 Å². The van der Waals surface area contributed by atoms with Gasteiger partial charge in [0.1, 0.15) is 5.60 Å². The topological polar surface area (TPSA) is 59.4 Å². The van der Waals surface area contributed by atoms with Gasteiger partial charge in [-0.1, -0.05) is 42.0 Å². The summed E-state index contributed by atoms with van der Waals surface area (Å²) < 4.78 is 7.72. The van der Waals surface area contributed by atoms with Crippen molar-refractivity contribution in [2.45, 2.75) is 52.7 Å². The number of anilines is 1. The number of alkyl carbamates (subject to hydrolysis) is 1. The Balaban J connectivity index is 1.52. The molecule has 0 aliphatic carbocycles. The van der Waals surface area contributed by atoms with Gasteiger partial charge >= 0.3 is 6.09 Å². The third-order valence-electron chi connectivity index (χ3n) is 5.83. The van der Waals surface area contributed by atoms with E-state index >= 15 is 0 Å². The van der Waals surface area contributed by atoms with Crippen LogP contribution in [0.15, 0.2) is 48.5 Å². The fraction of sp³-hybridized carbons (Fsp3) is 0.462. The largest absolute Gasteiger partial charge is 0.444 e. The van der Waals surface area contributed by atoms with Gasteiger partial charge in [0.05, 0.1) is 17.6 Å². The van der Waals surface area contributed by atoms with Gasteiger partial charge in [-0.25, -0.2) is 9.78 Å². The number of hydrogen-bond donors (Lipinski definition) is 1. The quantitative estimate of drug-likeness (QED) is 0.604. The van der Waals surface area contributed by atoms with Gasteiger partial charge in [0.25, 0.3) is 0 Å². The van der Waals surface area contributed by atoms with Crippen LogP contribution in [-0.2, 0) is 11.3 Å². The predicted octanol–water partition coefficient (Wildman–Crippen LogP) is 5.13. The molecule has 0 radical (unpaired) electrons. The minimum atomic E-state index is -0.483. The summed E-state index contributed by atoms with van der Waals surface area (Å²) in [5, 5.41) is 2.95. The van der Waals surface area contributed by atoms with Gasteiger partial charge in [0.2, 0.25) is 5.95 Å². The highest BCUT2D eigenvalue weighted by molar-refractivity contribution is 5.79. The van der Waals surface area contributed by atoms with E-state index in [1.807, 2.05) is 26.8 Å². The molecule has 6 heteroatoms. The standard InChI is InChI=1S/C26H34N4O2/c1-19-11-13-20(14-12-19)18-30-23-10-6-5-9-22(23)28-24(30)29-15-7-8-21(17-29)16-27-25(31)32-26(2,3)4/h5-6,9-14,21H,7-8,15-18H2,1-4H3,(H,27,31)/t21-/m0/s1. The van der Waals surface area contributed by atoms with E-state index in [2.05, 4.69) is 64.2 Å². The molecular weight excluding hydrogens is 400 g/mol. The number of para-hydroxylation sites is 2. The SMILES string of the molecule is Cc1ccc(Cn2c(N3CCC[C@@H](CNC(=O)OC(C)(C)C)C3)nc3ccccc32)cc1. The van der Waals surface area contributed by atoms with Crippen molar-refractivity contribution in [3.8, 4) is 0 Å². The van der Waals surface area contributed by atoms with Crippen LogP contribution in [0, 0.1) is 12.8 Å². The molecule has 0 spiro atoms. The summed E-state index contributed by atoms with van der Waals surface area (Å²) in [4.78, 5) is 19.5. The molecule has 4 rings (SSSR count). The first-order valence-electron chi connectivity index (χ1n) is 11.5. The maximum Gasteiger partial charge on any atom is 0.407 e. The van der Waals surface area contributed by atoms with Gasteiger partial charge in [-0.15, -0.1) is 0 Å². The lowest BCUT2D eigenvalue weighted by atomic mass is 9.98. The number of aromatic nitrogens is 2.